The number of aromatic nitrogens is 1. The maximum Gasteiger partial charge on any atom is 0.259 e. The van der Waals surface area contributed by atoms with Crippen molar-refractivity contribution in [1.29, 1.82) is 0 Å². The summed E-state index contributed by atoms with van der Waals surface area (Å²) in [5, 5.41) is 0.609. The van der Waals surface area contributed by atoms with E-state index in [4.69, 9.17) is 0 Å². The summed E-state index contributed by atoms with van der Waals surface area (Å²) in [5.41, 5.74) is 2.05. The van der Waals surface area contributed by atoms with Crippen LogP contribution in [-0.4, -0.2) is 28.9 Å². The number of benzene rings is 1. The second kappa shape index (κ2) is 5.72. The van der Waals surface area contributed by atoms with E-state index in [9.17, 15) is 9.59 Å². The number of pyridine rings is 1. The molecule has 1 amide bonds. The summed E-state index contributed by atoms with van der Waals surface area (Å²) in [6.45, 7) is 3.57. The Balaban J connectivity index is 2.06. The number of amides is 1. The molecule has 4 heteroatoms. The lowest BCUT2D eigenvalue weighted by Crippen LogP contribution is -2.38. The molecule has 0 unspecified atom stereocenters. The van der Waals surface area contributed by atoms with E-state index in [1.165, 1.54) is 0 Å². The molecule has 4 nitrogen and oxygen atoms in total. The second-order valence-corrected chi connectivity index (χ2v) is 5.58. The van der Waals surface area contributed by atoms with Crippen molar-refractivity contribution >= 4 is 16.8 Å². The van der Waals surface area contributed by atoms with Gasteiger partial charge in [0, 0.05) is 24.7 Å². The highest BCUT2D eigenvalue weighted by atomic mass is 16.2. The fourth-order valence-corrected chi connectivity index (χ4v) is 3.04. The van der Waals surface area contributed by atoms with Gasteiger partial charge in [-0.3, -0.25) is 9.59 Å². The molecule has 1 N–H and O–H groups in total. The van der Waals surface area contributed by atoms with Gasteiger partial charge in [-0.25, -0.2) is 0 Å². The van der Waals surface area contributed by atoms with Gasteiger partial charge >= 0.3 is 0 Å². The third kappa shape index (κ3) is 2.46. The number of nitrogens with zero attached hydrogens (tertiary/aromatic N) is 1. The molecule has 1 aromatic carbocycles. The lowest BCUT2D eigenvalue weighted by Gasteiger charge is -2.26. The van der Waals surface area contributed by atoms with Crippen LogP contribution >= 0.6 is 0 Å². The third-order valence-corrected chi connectivity index (χ3v) is 4.26. The molecule has 0 saturated carbocycles. The Morgan fingerprint density at radius 1 is 1.24 bits per heavy atom. The molecule has 0 radical (unpaired) electrons. The molecule has 1 saturated heterocycles. The van der Waals surface area contributed by atoms with Crippen molar-refractivity contribution in [2.24, 2.45) is 0 Å². The zero-order valence-electron chi connectivity index (χ0n) is 12.3. The van der Waals surface area contributed by atoms with E-state index >= 15 is 0 Å². The number of hydrogen-bond donors (Lipinski definition) is 1. The van der Waals surface area contributed by atoms with E-state index in [1.807, 2.05) is 12.1 Å². The first-order chi connectivity index (χ1) is 10.2. The first-order valence-corrected chi connectivity index (χ1v) is 7.65. The highest BCUT2D eigenvalue weighted by molar-refractivity contribution is 5.97. The van der Waals surface area contributed by atoms with Crippen LogP contribution in [-0.2, 0) is 6.42 Å². The van der Waals surface area contributed by atoms with Crippen molar-refractivity contribution in [2.75, 3.05) is 13.1 Å². The molecular weight excluding hydrogens is 264 g/mol. The first-order valence-electron chi connectivity index (χ1n) is 7.65. The Morgan fingerprint density at radius 2 is 2.00 bits per heavy atom. The summed E-state index contributed by atoms with van der Waals surface area (Å²) in [5.74, 6) is -0.139. The summed E-state index contributed by atoms with van der Waals surface area (Å²) in [6, 6.07) is 5.68. The van der Waals surface area contributed by atoms with Gasteiger partial charge in [-0.15, -0.1) is 0 Å². The van der Waals surface area contributed by atoms with E-state index in [2.05, 4.69) is 11.9 Å². The molecule has 2 heterocycles. The van der Waals surface area contributed by atoms with Gasteiger partial charge in [0.2, 0.25) is 5.43 Å². The number of likely N-dealkylation sites (tertiary alicyclic amines) is 1. The molecule has 21 heavy (non-hydrogen) atoms. The molecular formula is C17H20N2O2. The fourth-order valence-electron chi connectivity index (χ4n) is 3.04. The Morgan fingerprint density at radius 3 is 2.71 bits per heavy atom. The van der Waals surface area contributed by atoms with Gasteiger partial charge in [0.05, 0.1) is 5.52 Å². The van der Waals surface area contributed by atoms with Gasteiger partial charge in [0.1, 0.15) is 5.56 Å². The standard InChI is InChI=1S/C17H20N2O2/c1-2-12-7-6-8-13-15(12)18-11-14(16(13)20)17(21)19-9-4-3-5-10-19/h6-8,11H,2-5,9-10H2,1H3,(H,18,20). The van der Waals surface area contributed by atoms with Crippen molar-refractivity contribution in [3.63, 3.8) is 0 Å². The van der Waals surface area contributed by atoms with Gasteiger partial charge < -0.3 is 9.88 Å². The third-order valence-electron chi connectivity index (χ3n) is 4.26. The highest BCUT2D eigenvalue weighted by Gasteiger charge is 2.21. The summed E-state index contributed by atoms with van der Waals surface area (Å²) < 4.78 is 0. The first kappa shape index (κ1) is 13.9. The highest BCUT2D eigenvalue weighted by Crippen LogP contribution is 2.16. The summed E-state index contributed by atoms with van der Waals surface area (Å²) in [7, 11) is 0. The number of aryl methyl sites for hydroxylation is 1. The van der Waals surface area contributed by atoms with Crippen molar-refractivity contribution < 1.29 is 4.79 Å². The topological polar surface area (TPSA) is 53.2 Å². The predicted molar refractivity (Wildman–Crippen MR) is 83.7 cm³/mol. The number of hydrogen-bond acceptors (Lipinski definition) is 2. The van der Waals surface area contributed by atoms with Crippen LogP contribution in [0.25, 0.3) is 10.9 Å². The lowest BCUT2D eigenvalue weighted by atomic mass is 10.0. The molecule has 3 rings (SSSR count). The molecule has 0 atom stereocenters. The van der Waals surface area contributed by atoms with Crippen molar-refractivity contribution in [1.82, 2.24) is 9.88 Å². The quantitative estimate of drug-likeness (QED) is 0.922. The van der Waals surface area contributed by atoms with Crippen LogP contribution in [0.1, 0.15) is 42.1 Å². The number of para-hydroxylation sites is 1. The number of nitrogens with one attached hydrogen (secondary N) is 1. The summed E-state index contributed by atoms with van der Waals surface area (Å²) in [4.78, 5) is 30.1. The van der Waals surface area contributed by atoms with E-state index in [1.54, 1.807) is 17.2 Å². The Bertz CT molecular complexity index is 727. The van der Waals surface area contributed by atoms with E-state index in [0.29, 0.717) is 5.39 Å². The Kier molecular flexibility index (Phi) is 3.78. The van der Waals surface area contributed by atoms with Gasteiger partial charge in [-0.1, -0.05) is 19.1 Å². The SMILES string of the molecule is CCc1cccc2c(=O)c(C(=O)N3CCCCC3)c[nH]c12. The summed E-state index contributed by atoms with van der Waals surface area (Å²) >= 11 is 0. The monoisotopic (exact) mass is 284 g/mol. The molecule has 110 valence electrons. The molecule has 1 aromatic heterocycles. The van der Waals surface area contributed by atoms with E-state index in [0.717, 1.165) is 49.9 Å². The average Bonchev–Trinajstić information content (AvgIpc) is 2.55. The van der Waals surface area contributed by atoms with Gasteiger partial charge in [0.25, 0.3) is 5.91 Å². The van der Waals surface area contributed by atoms with E-state index < -0.39 is 0 Å². The maximum atomic E-state index is 12.6. The van der Waals surface area contributed by atoms with Crippen molar-refractivity contribution in [2.45, 2.75) is 32.6 Å². The molecule has 1 aliphatic rings. The zero-order valence-corrected chi connectivity index (χ0v) is 12.3. The number of H-pyrrole nitrogens is 1. The molecule has 2 aromatic rings. The average molecular weight is 284 g/mol. The Labute approximate surface area is 123 Å². The zero-order chi connectivity index (χ0) is 14.8. The predicted octanol–water partition coefficient (Wildman–Crippen LogP) is 2.72. The van der Waals surface area contributed by atoms with Crippen LogP contribution in [0.4, 0.5) is 0 Å². The largest absolute Gasteiger partial charge is 0.360 e. The van der Waals surface area contributed by atoms with Crippen LogP contribution < -0.4 is 5.43 Å². The van der Waals surface area contributed by atoms with E-state index in [-0.39, 0.29) is 16.9 Å². The normalized spacial score (nSPS) is 15.4. The molecule has 1 aliphatic heterocycles. The van der Waals surface area contributed by atoms with Crippen LogP contribution in [0.5, 0.6) is 0 Å². The number of carbonyl (C=O) groups excluding carboxylic acids is 1. The van der Waals surface area contributed by atoms with Gasteiger partial charge in [-0.05, 0) is 37.3 Å². The molecule has 0 spiro atoms. The minimum atomic E-state index is -0.158. The van der Waals surface area contributed by atoms with Crippen LogP contribution in [0, 0.1) is 0 Å². The van der Waals surface area contributed by atoms with Crippen molar-refractivity contribution in [3.8, 4) is 0 Å². The molecule has 0 aliphatic carbocycles. The molecule has 0 bridgehead atoms. The lowest BCUT2D eigenvalue weighted by molar-refractivity contribution is 0.0723. The number of fused-ring (bicyclic) bond motifs is 1. The minimum Gasteiger partial charge on any atom is -0.360 e. The van der Waals surface area contributed by atoms with Crippen molar-refractivity contribution in [3.05, 3.63) is 45.7 Å². The number of aromatic amines is 1. The number of piperidine rings is 1. The smallest absolute Gasteiger partial charge is 0.259 e. The number of carbonyl (C=O) groups is 1. The van der Waals surface area contributed by atoms with Gasteiger partial charge in [-0.2, -0.15) is 0 Å². The fraction of sp³-hybridized carbons (Fsp3) is 0.412. The maximum absolute atomic E-state index is 12.6. The summed E-state index contributed by atoms with van der Waals surface area (Å²) in [6.07, 6.45) is 5.65. The molecule has 1 fully saturated rings. The van der Waals surface area contributed by atoms with Crippen LogP contribution in [0.2, 0.25) is 0 Å². The van der Waals surface area contributed by atoms with Gasteiger partial charge in [0.15, 0.2) is 0 Å². The van der Waals surface area contributed by atoms with Crippen LogP contribution in [0.15, 0.2) is 29.2 Å². The minimum absolute atomic E-state index is 0.139. The van der Waals surface area contributed by atoms with Crippen LogP contribution in [0.3, 0.4) is 0 Å². The Hall–Kier alpha value is -2.10. The second-order valence-electron chi connectivity index (χ2n) is 5.58. The number of rotatable bonds is 2.